The van der Waals surface area contributed by atoms with Gasteiger partial charge in [-0.1, -0.05) is 12.1 Å². The fourth-order valence-corrected chi connectivity index (χ4v) is 4.79. The summed E-state index contributed by atoms with van der Waals surface area (Å²) in [5.41, 5.74) is 3.94. The third-order valence-electron chi connectivity index (χ3n) is 5.37. The van der Waals surface area contributed by atoms with Crippen LogP contribution in [0.1, 0.15) is 29.2 Å². The standard InChI is InChI=1S/C21H28FN3O2S/c1-15-12-18(8-9-19(15)22)28(26,27)23-14-21(24(2)3)17-7-10-20-16(13-17)6-5-11-25(20)4/h7-10,12-13,21,23H,5-6,11,14H2,1-4H3/t21-/m1/s1. The van der Waals surface area contributed by atoms with Crippen LogP contribution in [0.2, 0.25) is 0 Å². The third-order valence-corrected chi connectivity index (χ3v) is 6.79. The van der Waals surface area contributed by atoms with E-state index in [-0.39, 0.29) is 17.5 Å². The second-order valence-corrected chi connectivity index (χ2v) is 9.42. The summed E-state index contributed by atoms with van der Waals surface area (Å²) >= 11 is 0. The molecule has 28 heavy (non-hydrogen) atoms. The molecule has 1 aliphatic heterocycles. The lowest BCUT2D eigenvalue weighted by Crippen LogP contribution is -2.35. The van der Waals surface area contributed by atoms with E-state index in [1.54, 1.807) is 6.92 Å². The van der Waals surface area contributed by atoms with Crippen molar-refractivity contribution >= 4 is 15.7 Å². The number of aryl methyl sites for hydroxylation is 2. The number of likely N-dealkylation sites (N-methyl/N-ethyl adjacent to an activating group) is 1. The Labute approximate surface area is 167 Å². The maximum Gasteiger partial charge on any atom is 0.240 e. The summed E-state index contributed by atoms with van der Waals surface area (Å²) in [5.74, 6) is -0.413. The molecule has 0 fully saturated rings. The SMILES string of the molecule is Cc1cc(S(=O)(=O)NC[C@H](c2ccc3c(c2)CCCN3C)N(C)C)ccc1F. The minimum absolute atomic E-state index is 0.0796. The molecule has 0 aliphatic carbocycles. The molecule has 0 saturated carbocycles. The summed E-state index contributed by atoms with van der Waals surface area (Å²) in [4.78, 5) is 4.34. The Hall–Kier alpha value is -1.96. The van der Waals surface area contributed by atoms with Gasteiger partial charge >= 0.3 is 0 Å². The largest absolute Gasteiger partial charge is 0.374 e. The number of halogens is 1. The number of nitrogens with zero attached hydrogens (tertiary/aromatic N) is 2. The first-order chi connectivity index (χ1) is 13.2. The number of nitrogens with one attached hydrogen (secondary N) is 1. The number of hydrogen-bond donors (Lipinski definition) is 1. The molecule has 0 aromatic heterocycles. The molecular weight excluding hydrogens is 377 g/mol. The molecule has 1 atom stereocenters. The van der Waals surface area contributed by atoms with Crippen LogP contribution >= 0.6 is 0 Å². The van der Waals surface area contributed by atoms with Gasteiger partial charge in [0.25, 0.3) is 0 Å². The van der Waals surface area contributed by atoms with E-state index in [0.717, 1.165) is 24.9 Å². The van der Waals surface area contributed by atoms with E-state index in [0.29, 0.717) is 5.56 Å². The molecule has 0 spiro atoms. The first-order valence-electron chi connectivity index (χ1n) is 9.45. The van der Waals surface area contributed by atoms with E-state index in [2.05, 4.69) is 34.9 Å². The average molecular weight is 406 g/mol. The number of rotatable bonds is 6. The Balaban J connectivity index is 1.81. The van der Waals surface area contributed by atoms with Crippen LogP contribution in [0.15, 0.2) is 41.3 Å². The highest BCUT2D eigenvalue weighted by atomic mass is 32.2. The second kappa shape index (κ2) is 8.19. The Morgan fingerprint density at radius 1 is 1.21 bits per heavy atom. The summed E-state index contributed by atoms with van der Waals surface area (Å²) < 4.78 is 41.5. The van der Waals surface area contributed by atoms with E-state index in [1.165, 1.54) is 29.4 Å². The minimum atomic E-state index is -3.71. The van der Waals surface area contributed by atoms with Crippen molar-refractivity contribution in [3.8, 4) is 0 Å². The van der Waals surface area contributed by atoms with E-state index < -0.39 is 15.8 Å². The molecule has 0 saturated heterocycles. The van der Waals surface area contributed by atoms with Crippen LogP contribution in [0.5, 0.6) is 0 Å². The smallest absolute Gasteiger partial charge is 0.240 e. The summed E-state index contributed by atoms with van der Waals surface area (Å²) in [6, 6.07) is 10.1. The van der Waals surface area contributed by atoms with Crippen molar-refractivity contribution in [2.45, 2.75) is 30.7 Å². The Morgan fingerprint density at radius 2 is 1.96 bits per heavy atom. The van der Waals surface area contributed by atoms with Gasteiger partial charge in [-0.25, -0.2) is 17.5 Å². The highest BCUT2D eigenvalue weighted by Gasteiger charge is 2.22. The van der Waals surface area contributed by atoms with Gasteiger partial charge in [0.1, 0.15) is 5.82 Å². The van der Waals surface area contributed by atoms with Gasteiger partial charge in [-0.3, -0.25) is 0 Å². The quantitative estimate of drug-likeness (QED) is 0.802. The van der Waals surface area contributed by atoms with E-state index in [4.69, 9.17) is 0 Å². The van der Waals surface area contributed by atoms with Crippen LogP contribution in [0.4, 0.5) is 10.1 Å². The third kappa shape index (κ3) is 4.37. The van der Waals surface area contributed by atoms with Crippen molar-refractivity contribution in [1.29, 1.82) is 0 Å². The highest BCUT2D eigenvalue weighted by Crippen LogP contribution is 2.30. The van der Waals surface area contributed by atoms with Gasteiger partial charge in [0.05, 0.1) is 4.90 Å². The molecule has 2 aromatic rings. The van der Waals surface area contributed by atoms with Gasteiger partial charge in [0.2, 0.25) is 10.0 Å². The molecule has 0 bridgehead atoms. The zero-order valence-electron chi connectivity index (χ0n) is 16.9. The van der Waals surface area contributed by atoms with Crippen LogP contribution in [0.3, 0.4) is 0 Å². The lowest BCUT2D eigenvalue weighted by molar-refractivity contribution is 0.299. The molecule has 0 unspecified atom stereocenters. The lowest BCUT2D eigenvalue weighted by Gasteiger charge is -2.30. The molecular formula is C21H28FN3O2S. The van der Waals surface area contributed by atoms with Gasteiger partial charge < -0.3 is 9.80 Å². The Kier molecular flexibility index (Phi) is 6.07. The molecule has 152 valence electrons. The van der Waals surface area contributed by atoms with Crippen LogP contribution < -0.4 is 9.62 Å². The van der Waals surface area contributed by atoms with Crippen molar-refractivity contribution in [2.24, 2.45) is 0 Å². The Bertz CT molecular complexity index is 960. The van der Waals surface area contributed by atoms with E-state index in [9.17, 15) is 12.8 Å². The predicted molar refractivity (Wildman–Crippen MR) is 111 cm³/mol. The van der Waals surface area contributed by atoms with Gasteiger partial charge in [-0.05, 0) is 74.8 Å². The lowest BCUT2D eigenvalue weighted by atomic mass is 9.96. The summed E-state index contributed by atoms with van der Waals surface area (Å²) in [6.07, 6.45) is 2.16. The maximum atomic E-state index is 13.5. The highest BCUT2D eigenvalue weighted by molar-refractivity contribution is 7.89. The topological polar surface area (TPSA) is 52.7 Å². The van der Waals surface area contributed by atoms with Crippen molar-refractivity contribution in [1.82, 2.24) is 9.62 Å². The Morgan fingerprint density at radius 3 is 2.64 bits per heavy atom. The average Bonchev–Trinajstić information content (AvgIpc) is 2.64. The number of fused-ring (bicyclic) bond motifs is 1. The predicted octanol–water partition coefficient (Wildman–Crippen LogP) is 3.10. The van der Waals surface area contributed by atoms with Crippen molar-refractivity contribution < 1.29 is 12.8 Å². The van der Waals surface area contributed by atoms with Gasteiger partial charge in [0, 0.05) is 31.9 Å². The van der Waals surface area contributed by atoms with Gasteiger partial charge in [0.15, 0.2) is 0 Å². The van der Waals surface area contributed by atoms with Crippen molar-refractivity contribution in [3.63, 3.8) is 0 Å². The van der Waals surface area contributed by atoms with Gasteiger partial charge in [-0.15, -0.1) is 0 Å². The molecule has 0 amide bonds. The van der Waals surface area contributed by atoms with Crippen LogP contribution in [0, 0.1) is 12.7 Å². The molecule has 1 heterocycles. The zero-order valence-corrected chi connectivity index (χ0v) is 17.7. The normalized spacial score (nSPS) is 15.6. The van der Waals surface area contributed by atoms with E-state index >= 15 is 0 Å². The van der Waals surface area contributed by atoms with Gasteiger partial charge in [-0.2, -0.15) is 0 Å². The van der Waals surface area contributed by atoms with Crippen molar-refractivity contribution in [2.75, 3.05) is 39.1 Å². The molecule has 5 nitrogen and oxygen atoms in total. The fourth-order valence-electron chi connectivity index (χ4n) is 3.67. The van der Waals surface area contributed by atoms with Crippen molar-refractivity contribution in [3.05, 3.63) is 58.9 Å². The zero-order chi connectivity index (χ0) is 20.5. The molecule has 0 radical (unpaired) electrons. The molecule has 3 rings (SSSR count). The molecule has 7 heteroatoms. The van der Waals surface area contributed by atoms with E-state index in [1.807, 2.05) is 19.0 Å². The number of hydrogen-bond acceptors (Lipinski definition) is 4. The second-order valence-electron chi connectivity index (χ2n) is 7.66. The summed E-state index contributed by atoms with van der Waals surface area (Å²) in [7, 11) is 2.26. The first-order valence-corrected chi connectivity index (χ1v) is 10.9. The number of anilines is 1. The fraction of sp³-hybridized carbons (Fsp3) is 0.429. The summed E-state index contributed by atoms with van der Waals surface area (Å²) in [5, 5.41) is 0. The molecule has 2 aromatic carbocycles. The summed E-state index contributed by atoms with van der Waals surface area (Å²) in [6.45, 7) is 2.85. The molecule has 1 N–H and O–H groups in total. The number of benzene rings is 2. The monoisotopic (exact) mass is 405 g/mol. The number of sulfonamides is 1. The van der Waals surface area contributed by atoms with Crippen LogP contribution in [-0.4, -0.2) is 47.6 Å². The maximum absolute atomic E-state index is 13.5. The molecule has 1 aliphatic rings. The first kappa shape index (κ1) is 20.8. The van der Waals surface area contributed by atoms with Crippen LogP contribution in [0.25, 0.3) is 0 Å². The van der Waals surface area contributed by atoms with Crippen LogP contribution in [-0.2, 0) is 16.4 Å². The minimum Gasteiger partial charge on any atom is -0.374 e.